The zero-order chi connectivity index (χ0) is 17.7. The molecule has 1 amide bonds. The summed E-state index contributed by atoms with van der Waals surface area (Å²) in [6, 6.07) is 14.2. The van der Waals surface area contributed by atoms with Crippen molar-refractivity contribution in [1.29, 1.82) is 0 Å². The van der Waals surface area contributed by atoms with Crippen LogP contribution in [0.4, 0.5) is 5.69 Å². The van der Waals surface area contributed by atoms with Crippen molar-refractivity contribution in [2.75, 3.05) is 0 Å². The number of benzene rings is 2. The average molecular weight is 326 g/mol. The maximum atomic E-state index is 12.6. The van der Waals surface area contributed by atoms with E-state index in [9.17, 15) is 14.9 Å². The molecule has 0 saturated heterocycles. The van der Waals surface area contributed by atoms with Gasteiger partial charge in [0.05, 0.1) is 11.0 Å². The van der Waals surface area contributed by atoms with Gasteiger partial charge in [-0.15, -0.1) is 0 Å². The van der Waals surface area contributed by atoms with E-state index in [1.807, 2.05) is 30.3 Å². The fourth-order valence-electron chi connectivity index (χ4n) is 2.68. The Morgan fingerprint density at radius 3 is 2.38 bits per heavy atom. The summed E-state index contributed by atoms with van der Waals surface area (Å²) in [5.41, 5.74) is 1.99. The van der Waals surface area contributed by atoms with Crippen molar-refractivity contribution in [2.45, 2.75) is 33.2 Å². The molecule has 1 unspecified atom stereocenters. The fourth-order valence-corrected chi connectivity index (χ4v) is 2.68. The molecule has 0 saturated carbocycles. The van der Waals surface area contributed by atoms with Gasteiger partial charge >= 0.3 is 0 Å². The Morgan fingerprint density at radius 1 is 1.17 bits per heavy atom. The van der Waals surface area contributed by atoms with Crippen molar-refractivity contribution in [3.63, 3.8) is 0 Å². The minimum atomic E-state index is -0.442. The summed E-state index contributed by atoms with van der Waals surface area (Å²) in [4.78, 5) is 23.0. The standard InChI is InChI=1S/C19H22N2O3/c1-13(2)11-17(15-7-5-4-6-8-15)20-19(22)16-9-10-18(21(23)24)14(3)12-16/h4-10,12-13,17H,11H2,1-3H3,(H,20,22). The number of hydrogen-bond donors (Lipinski definition) is 1. The number of nitro groups is 1. The molecule has 1 N–H and O–H groups in total. The van der Waals surface area contributed by atoms with Gasteiger partial charge in [0.25, 0.3) is 11.6 Å². The molecule has 126 valence electrons. The van der Waals surface area contributed by atoms with Crippen LogP contribution in [0.2, 0.25) is 0 Å². The number of amides is 1. The fraction of sp³-hybridized carbons (Fsp3) is 0.316. The third-order valence-electron chi connectivity index (χ3n) is 3.87. The summed E-state index contributed by atoms with van der Waals surface area (Å²) in [5, 5.41) is 13.9. The van der Waals surface area contributed by atoms with Crippen molar-refractivity contribution in [1.82, 2.24) is 5.32 Å². The number of hydrogen-bond acceptors (Lipinski definition) is 3. The van der Waals surface area contributed by atoms with Gasteiger partial charge in [0.1, 0.15) is 0 Å². The van der Waals surface area contributed by atoms with E-state index in [1.165, 1.54) is 12.1 Å². The predicted octanol–water partition coefficient (Wildman–Crippen LogP) is 4.42. The first-order valence-electron chi connectivity index (χ1n) is 7.99. The van der Waals surface area contributed by atoms with Crippen LogP contribution >= 0.6 is 0 Å². The van der Waals surface area contributed by atoms with Gasteiger partial charge in [0, 0.05) is 17.2 Å². The van der Waals surface area contributed by atoms with Crippen LogP contribution < -0.4 is 5.32 Å². The average Bonchev–Trinajstić information content (AvgIpc) is 2.54. The molecule has 2 aromatic carbocycles. The molecule has 5 heteroatoms. The lowest BCUT2D eigenvalue weighted by Crippen LogP contribution is -2.29. The maximum Gasteiger partial charge on any atom is 0.272 e. The molecule has 0 bridgehead atoms. The summed E-state index contributed by atoms with van der Waals surface area (Å²) in [7, 11) is 0. The summed E-state index contributed by atoms with van der Waals surface area (Å²) in [6.45, 7) is 5.86. The van der Waals surface area contributed by atoms with Gasteiger partial charge in [-0.3, -0.25) is 14.9 Å². The normalized spacial score (nSPS) is 12.0. The third kappa shape index (κ3) is 4.41. The Bertz CT molecular complexity index is 727. The van der Waals surface area contributed by atoms with Gasteiger partial charge in [-0.05, 0) is 37.0 Å². The largest absolute Gasteiger partial charge is 0.345 e. The second-order valence-corrected chi connectivity index (χ2v) is 6.32. The number of nitro benzene ring substituents is 1. The molecule has 0 heterocycles. The summed E-state index contributed by atoms with van der Waals surface area (Å²) < 4.78 is 0. The lowest BCUT2D eigenvalue weighted by Gasteiger charge is -2.21. The Balaban J connectivity index is 2.21. The minimum absolute atomic E-state index is 0.0216. The van der Waals surface area contributed by atoms with E-state index in [0.717, 1.165) is 12.0 Å². The molecule has 2 rings (SSSR count). The number of nitrogens with zero attached hydrogens (tertiary/aromatic N) is 1. The summed E-state index contributed by atoms with van der Waals surface area (Å²) in [5.74, 6) is 0.205. The molecule has 1 atom stereocenters. The van der Waals surface area contributed by atoms with Gasteiger partial charge in [-0.2, -0.15) is 0 Å². The van der Waals surface area contributed by atoms with E-state index in [-0.39, 0.29) is 17.6 Å². The number of carbonyl (C=O) groups is 1. The second-order valence-electron chi connectivity index (χ2n) is 6.32. The molecule has 5 nitrogen and oxygen atoms in total. The molecule has 0 spiro atoms. The van der Waals surface area contributed by atoms with Gasteiger partial charge in [0.15, 0.2) is 0 Å². The van der Waals surface area contributed by atoms with Gasteiger partial charge in [-0.25, -0.2) is 0 Å². The molecule has 0 fully saturated rings. The van der Waals surface area contributed by atoms with E-state index < -0.39 is 4.92 Å². The van der Waals surface area contributed by atoms with Crippen LogP contribution in [0.5, 0.6) is 0 Å². The lowest BCUT2D eigenvalue weighted by atomic mass is 9.96. The van der Waals surface area contributed by atoms with Gasteiger partial charge < -0.3 is 5.32 Å². The van der Waals surface area contributed by atoms with Crippen molar-refractivity contribution < 1.29 is 9.72 Å². The van der Waals surface area contributed by atoms with Crippen LogP contribution in [0.15, 0.2) is 48.5 Å². The topological polar surface area (TPSA) is 72.2 Å². The van der Waals surface area contributed by atoms with Crippen LogP contribution in [0.1, 0.15) is 47.8 Å². The van der Waals surface area contributed by atoms with E-state index in [4.69, 9.17) is 0 Å². The Labute approximate surface area is 141 Å². The number of aryl methyl sites for hydroxylation is 1. The zero-order valence-electron chi connectivity index (χ0n) is 14.2. The molecule has 0 radical (unpaired) electrons. The molecule has 2 aromatic rings. The first-order valence-corrected chi connectivity index (χ1v) is 7.99. The molecule has 0 aliphatic heterocycles. The van der Waals surface area contributed by atoms with E-state index >= 15 is 0 Å². The highest BCUT2D eigenvalue weighted by Gasteiger charge is 2.19. The monoisotopic (exact) mass is 326 g/mol. The number of nitrogens with one attached hydrogen (secondary N) is 1. The predicted molar refractivity (Wildman–Crippen MR) is 93.9 cm³/mol. The number of carbonyl (C=O) groups excluding carboxylic acids is 1. The van der Waals surface area contributed by atoms with Crippen LogP contribution in [0, 0.1) is 23.0 Å². The second kappa shape index (κ2) is 7.73. The van der Waals surface area contributed by atoms with Crippen LogP contribution in [0.3, 0.4) is 0 Å². The maximum absolute atomic E-state index is 12.6. The quantitative estimate of drug-likeness (QED) is 0.631. The SMILES string of the molecule is Cc1cc(C(=O)NC(CC(C)C)c2ccccc2)ccc1[N+](=O)[O-]. The van der Waals surface area contributed by atoms with Gasteiger partial charge in [0.2, 0.25) is 0 Å². The van der Waals surface area contributed by atoms with E-state index in [2.05, 4.69) is 19.2 Å². The molecule has 0 aromatic heterocycles. The molecule has 0 aliphatic rings. The van der Waals surface area contributed by atoms with Crippen LogP contribution in [0.25, 0.3) is 0 Å². The smallest absolute Gasteiger partial charge is 0.272 e. The van der Waals surface area contributed by atoms with Crippen molar-refractivity contribution in [2.24, 2.45) is 5.92 Å². The molecular formula is C19H22N2O3. The van der Waals surface area contributed by atoms with Crippen molar-refractivity contribution >= 4 is 11.6 Å². The van der Waals surface area contributed by atoms with E-state index in [0.29, 0.717) is 17.0 Å². The lowest BCUT2D eigenvalue weighted by molar-refractivity contribution is -0.385. The molecule has 0 aliphatic carbocycles. The Kier molecular flexibility index (Phi) is 5.68. The van der Waals surface area contributed by atoms with Crippen molar-refractivity contribution in [3.8, 4) is 0 Å². The Hall–Kier alpha value is -2.69. The third-order valence-corrected chi connectivity index (χ3v) is 3.87. The molecular weight excluding hydrogens is 304 g/mol. The number of rotatable bonds is 6. The highest BCUT2D eigenvalue weighted by molar-refractivity contribution is 5.95. The summed E-state index contributed by atoms with van der Waals surface area (Å²) >= 11 is 0. The highest BCUT2D eigenvalue weighted by Crippen LogP contribution is 2.23. The molecule has 24 heavy (non-hydrogen) atoms. The van der Waals surface area contributed by atoms with Crippen LogP contribution in [-0.2, 0) is 0 Å². The first-order chi connectivity index (χ1) is 11.4. The van der Waals surface area contributed by atoms with Crippen LogP contribution in [-0.4, -0.2) is 10.8 Å². The van der Waals surface area contributed by atoms with Gasteiger partial charge in [-0.1, -0.05) is 44.2 Å². The van der Waals surface area contributed by atoms with E-state index in [1.54, 1.807) is 13.0 Å². The minimum Gasteiger partial charge on any atom is -0.345 e. The van der Waals surface area contributed by atoms with Crippen molar-refractivity contribution in [3.05, 3.63) is 75.3 Å². The first kappa shape index (κ1) is 17.7. The Morgan fingerprint density at radius 2 is 1.83 bits per heavy atom. The zero-order valence-corrected chi connectivity index (χ0v) is 14.2. The highest BCUT2D eigenvalue weighted by atomic mass is 16.6. The summed E-state index contributed by atoms with van der Waals surface area (Å²) in [6.07, 6.45) is 0.821.